The molecule has 2 heterocycles. The average molecular weight is 281 g/mol. The second-order valence-corrected chi connectivity index (χ2v) is 5.55. The van der Waals surface area contributed by atoms with Crippen molar-refractivity contribution < 1.29 is 4.79 Å². The van der Waals surface area contributed by atoms with Gasteiger partial charge >= 0.3 is 0 Å². The van der Waals surface area contributed by atoms with Gasteiger partial charge in [-0.25, -0.2) is 0 Å². The molecule has 1 aliphatic heterocycles. The molecule has 0 saturated carbocycles. The van der Waals surface area contributed by atoms with E-state index in [9.17, 15) is 4.79 Å². The van der Waals surface area contributed by atoms with E-state index >= 15 is 0 Å². The Labute approximate surface area is 124 Å². The summed E-state index contributed by atoms with van der Waals surface area (Å²) in [5.74, 6) is 0.0491. The molecule has 3 rings (SSSR count). The summed E-state index contributed by atoms with van der Waals surface area (Å²) in [4.78, 5) is 18.9. The first kappa shape index (κ1) is 13.6. The van der Waals surface area contributed by atoms with E-state index in [1.54, 1.807) is 0 Å². The van der Waals surface area contributed by atoms with Gasteiger partial charge in [0, 0.05) is 24.5 Å². The fourth-order valence-electron chi connectivity index (χ4n) is 2.90. The van der Waals surface area contributed by atoms with Crippen LogP contribution in [0.25, 0.3) is 0 Å². The van der Waals surface area contributed by atoms with Gasteiger partial charge in [-0.15, -0.1) is 0 Å². The number of fused-ring (bicyclic) bond motifs is 1. The molecule has 21 heavy (non-hydrogen) atoms. The second-order valence-electron chi connectivity index (χ2n) is 5.55. The summed E-state index contributed by atoms with van der Waals surface area (Å²) in [5.41, 5.74) is 11.6. The average Bonchev–Trinajstić information content (AvgIpc) is 2.46. The van der Waals surface area contributed by atoms with Crippen LogP contribution >= 0.6 is 0 Å². The third-order valence-electron chi connectivity index (χ3n) is 4.04. The van der Waals surface area contributed by atoms with Gasteiger partial charge < -0.3 is 10.6 Å². The van der Waals surface area contributed by atoms with E-state index in [0.717, 1.165) is 29.1 Å². The minimum absolute atomic E-state index is 0.0491. The number of pyridine rings is 1. The first-order chi connectivity index (χ1) is 10.1. The molecule has 0 saturated heterocycles. The highest BCUT2D eigenvalue weighted by Crippen LogP contribution is 2.25. The zero-order chi connectivity index (χ0) is 15.0. The maximum absolute atomic E-state index is 12.7. The molecule has 0 atom stereocenters. The van der Waals surface area contributed by atoms with Crippen molar-refractivity contribution in [1.82, 2.24) is 9.88 Å². The Morgan fingerprint density at radius 1 is 1.24 bits per heavy atom. The lowest BCUT2D eigenvalue weighted by Gasteiger charge is -2.30. The Balaban J connectivity index is 1.87. The first-order valence-electron chi connectivity index (χ1n) is 7.16. The van der Waals surface area contributed by atoms with E-state index in [1.165, 1.54) is 5.56 Å². The molecule has 4 heteroatoms. The van der Waals surface area contributed by atoms with Crippen LogP contribution in [-0.2, 0) is 13.0 Å². The standard InChI is InChI=1S/C17H19N3O/c1-11-6-7-14(12(2)19-11)17(21)20-9-8-15-13(10-20)4-3-5-16(15)18/h3-7H,8-10,18H2,1-2H3. The Morgan fingerprint density at radius 3 is 2.81 bits per heavy atom. The lowest BCUT2D eigenvalue weighted by atomic mass is 9.97. The number of nitrogens with two attached hydrogens (primary N) is 1. The molecule has 108 valence electrons. The number of amides is 1. The third-order valence-corrected chi connectivity index (χ3v) is 4.04. The normalized spacial score (nSPS) is 13.9. The fraction of sp³-hybridized carbons (Fsp3) is 0.294. The van der Waals surface area contributed by atoms with Gasteiger partial charge in [0.05, 0.1) is 11.3 Å². The number of rotatable bonds is 1. The van der Waals surface area contributed by atoms with Crippen molar-refractivity contribution in [1.29, 1.82) is 0 Å². The van der Waals surface area contributed by atoms with E-state index in [1.807, 2.05) is 49.1 Å². The number of carbonyl (C=O) groups excluding carboxylic acids is 1. The van der Waals surface area contributed by atoms with Gasteiger partial charge in [0.2, 0.25) is 0 Å². The largest absolute Gasteiger partial charge is 0.398 e. The summed E-state index contributed by atoms with van der Waals surface area (Å²) < 4.78 is 0. The Hall–Kier alpha value is -2.36. The van der Waals surface area contributed by atoms with E-state index in [4.69, 9.17) is 5.73 Å². The summed E-state index contributed by atoms with van der Waals surface area (Å²) >= 11 is 0. The van der Waals surface area contributed by atoms with Gasteiger partial charge in [-0.1, -0.05) is 12.1 Å². The lowest BCUT2D eigenvalue weighted by Crippen LogP contribution is -2.36. The summed E-state index contributed by atoms with van der Waals surface area (Å²) in [6.07, 6.45) is 0.812. The van der Waals surface area contributed by atoms with E-state index in [2.05, 4.69) is 4.98 Å². The van der Waals surface area contributed by atoms with Crippen LogP contribution in [0.3, 0.4) is 0 Å². The van der Waals surface area contributed by atoms with Gasteiger partial charge in [-0.2, -0.15) is 0 Å². The van der Waals surface area contributed by atoms with Gasteiger partial charge in [-0.3, -0.25) is 9.78 Å². The SMILES string of the molecule is Cc1ccc(C(=O)N2CCc3c(N)cccc3C2)c(C)n1. The third kappa shape index (κ3) is 2.49. The maximum atomic E-state index is 12.7. The van der Waals surface area contributed by atoms with Crippen LogP contribution in [0.1, 0.15) is 32.9 Å². The molecule has 0 aliphatic carbocycles. The first-order valence-corrected chi connectivity index (χ1v) is 7.16. The predicted octanol–water partition coefficient (Wildman–Crippen LogP) is 2.48. The number of benzene rings is 1. The molecule has 0 spiro atoms. The van der Waals surface area contributed by atoms with Crippen molar-refractivity contribution in [2.45, 2.75) is 26.8 Å². The van der Waals surface area contributed by atoms with Gasteiger partial charge in [0.25, 0.3) is 5.91 Å². The van der Waals surface area contributed by atoms with Crippen LogP contribution in [0.5, 0.6) is 0 Å². The van der Waals surface area contributed by atoms with Gasteiger partial charge in [0.1, 0.15) is 0 Å². The predicted molar refractivity (Wildman–Crippen MR) is 83.0 cm³/mol. The minimum atomic E-state index is 0.0491. The maximum Gasteiger partial charge on any atom is 0.256 e. The van der Waals surface area contributed by atoms with Crippen molar-refractivity contribution in [3.05, 3.63) is 58.4 Å². The molecule has 0 fully saturated rings. The topological polar surface area (TPSA) is 59.2 Å². The van der Waals surface area contributed by atoms with Crippen LogP contribution in [0.15, 0.2) is 30.3 Å². The number of anilines is 1. The summed E-state index contributed by atoms with van der Waals surface area (Å²) in [6.45, 7) is 5.14. The van der Waals surface area contributed by atoms with E-state index in [0.29, 0.717) is 18.7 Å². The minimum Gasteiger partial charge on any atom is -0.398 e. The van der Waals surface area contributed by atoms with Crippen molar-refractivity contribution in [3.8, 4) is 0 Å². The zero-order valence-electron chi connectivity index (χ0n) is 12.4. The molecular weight excluding hydrogens is 262 g/mol. The molecule has 2 N–H and O–H groups in total. The van der Waals surface area contributed by atoms with Crippen LogP contribution in [0, 0.1) is 13.8 Å². The summed E-state index contributed by atoms with van der Waals surface area (Å²) in [5, 5.41) is 0. The molecule has 2 aromatic rings. The summed E-state index contributed by atoms with van der Waals surface area (Å²) in [6, 6.07) is 9.67. The molecule has 1 aromatic carbocycles. The van der Waals surface area contributed by atoms with Crippen molar-refractivity contribution in [2.24, 2.45) is 0 Å². The number of hydrogen-bond donors (Lipinski definition) is 1. The fourth-order valence-corrected chi connectivity index (χ4v) is 2.90. The number of nitrogen functional groups attached to an aromatic ring is 1. The van der Waals surface area contributed by atoms with Gasteiger partial charge in [0.15, 0.2) is 0 Å². The molecule has 4 nitrogen and oxygen atoms in total. The highest BCUT2D eigenvalue weighted by Gasteiger charge is 2.24. The van der Waals surface area contributed by atoms with Crippen molar-refractivity contribution >= 4 is 11.6 Å². The van der Waals surface area contributed by atoms with Crippen LogP contribution in [-0.4, -0.2) is 22.3 Å². The molecule has 1 aromatic heterocycles. The Morgan fingerprint density at radius 2 is 2.05 bits per heavy atom. The summed E-state index contributed by atoms with van der Waals surface area (Å²) in [7, 11) is 0. The molecule has 0 unspecified atom stereocenters. The molecule has 0 bridgehead atoms. The highest BCUT2D eigenvalue weighted by molar-refractivity contribution is 5.95. The number of carbonyl (C=O) groups is 1. The monoisotopic (exact) mass is 281 g/mol. The van der Waals surface area contributed by atoms with Crippen LogP contribution in [0.2, 0.25) is 0 Å². The number of nitrogens with zero attached hydrogens (tertiary/aromatic N) is 2. The van der Waals surface area contributed by atoms with E-state index in [-0.39, 0.29) is 5.91 Å². The number of aryl methyl sites for hydroxylation is 2. The molecule has 1 aliphatic rings. The Bertz CT molecular complexity index is 709. The number of hydrogen-bond acceptors (Lipinski definition) is 3. The van der Waals surface area contributed by atoms with Gasteiger partial charge in [-0.05, 0) is 49.6 Å². The smallest absolute Gasteiger partial charge is 0.256 e. The Kier molecular flexibility index (Phi) is 3.37. The van der Waals surface area contributed by atoms with Crippen LogP contribution in [0.4, 0.5) is 5.69 Å². The zero-order valence-corrected chi connectivity index (χ0v) is 12.4. The van der Waals surface area contributed by atoms with E-state index < -0.39 is 0 Å². The van der Waals surface area contributed by atoms with Crippen LogP contribution < -0.4 is 5.73 Å². The quantitative estimate of drug-likeness (QED) is 0.817. The second kappa shape index (κ2) is 5.20. The van der Waals surface area contributed by atoms with Crippen molar-refractivity contribution in [2.75, 3.05) is 12.3 Å². The molecular formula is C17H19N3O. The van der Waals surface area contributed by atoms with Crippen molar-refractivity contribution in [3.63, 3.8) is 0 Å². The number of aromatic nitrogens is 1. The molecule has 0 radical (unpaired) electrons. The lowest BCUT2D eigenvalue weighted by molar-refractivity contribution is 0.0733. The molecule has 1 amide bonds. The highest BCUT2D eigenvalue weighted by atomic mass is 16.2.